The van der Waals surface area contributed by atoms with Gasteiger partial charge in [-0.15, -0.1) is 0 Å². The first kappa shape index (κ1) is 8.58. The molecule has 0 aliphatic carbocycles. The summed E-state index contributed by atoms with van der Waals surface area (Å²) in [6.45, 7) is 0. The minimum Gasteiger partial charge on any atom is -0.481 e. The summed E-state index contributed by atoms with van der Waals surface area (Å²) in [6, 6.07) is 1.76. The van der Waals surface area contributed by atoms with Crippen LogP contribution in [0.15, 0.2) is 16.7 Å². The van der Waals surface area contributed by atoms with Gasteiger partial charge in [-0.05, 0) is 6.07 Å². The molecule has 60 valence electrons. The summed E-state index contributed by atoms with van der Waals surface area (Å²) in [7, 11) is 0. The molecule has 1 aromatic rings. The zero-order valence-electron chi connectivity index (χ0n) is 5.71. The van der Waals surface area contributed by atoms with Crippen molar-refractivity contribution in [1.29, 1.82) is 0 Å². The maximum Gasteiger partial charge on any atom is 0.311 e. The van der Waals surface area contributed by atoms with Gasteiger partial charge in [-0.3, -0.25) is 4.79 Å². The summed E-state index contributed by atoms with van der Waals surface area (Å²) < 4.78 is 5.83. The third-order valence-corrected chi connectivity index (χ3v) is 2.07. The molecule has 0 unspecified atom stereocenters. The molecule has 0 saturated heterocycles. The maximum absolute atomic E-state index is 10.2. The van der Waals surface area contributed by atoms with Crippen LogP contribution in [0.25, 0.3) is 0 Å². The van der Waals surface area contributed by atoms with E-state index in [2.05, 4.69) is 22.6 Å². The Labute approximate surface area is 77.5 Å². The van der Waals surface area contributed by atoms with Crippen LogP contribution >= 0.6 is 22.6 Å². The van der Waals surface area contributed by atoms with Crippen LogP contribution in [0.5, 0.6) is 0 Å². The van der Waals surface area contributed by atoms with Crippen molar-refractivity contribution in [3.05, 3.63) is 23.7 Å². The lowest BCUT2D eigenvalue weighted by molar-refractivity contribution is -0.136. The number of carboxylic acids is 1. The van der Waals surface area contributed by atoms with E-state index < -0.39 is 5.97 Å². The van der Waals surface area contributed by atoms with E-state index in [9.17, 15) is 4.79 Å². The summed E-state index contributed by atoms with van der Waals surface area (Å²) in [5.74, 6) is -0.344. The van der Waals surface area contributed by atoms with E-state index in [4.69, 9.17) is 9.52 Å². The molecular formula is C7H7IO3. The van der Waals surface area contributed by atoms with E-state index in [1.807, 2.05) is 0 Å². The molecule has 4 heteroatoms. The minimum atomic E-state index is -0.862. The molecule has 3 nitrogen and oxygen atoms in total. The lowest BCUT2D eigenvalue weighted by Crippen LogP contribution is -1.97. The Hall–Kier alpha value is -0.520. The van der Waals surface area contributed by atoms with Gasteiger partial charge in [0.25, 0.3) is 0 Å². The Morgan fingerprint density at radius 2 is 2.45 bits per heavy atom. The third kappa shape index (κ3) is 2.53. The molecule has 0 spiro atoms. The molecule has 0 aliphatic heterocycles. The molecule has 1 N–H and O–H groups in total. The van der Waals surface area contributed by atoms with Crippen molar-refractivity contribution in [3.8, 4) is 0 Å². The van der Waals surface area contributed by atoms with E-state index in [1.165, 1.54) is 0 Å². The van der Waals surface area contributed by atoms with Gasteiger partial charge in [-0.25, -0.2) is 0 Å². The van der Waals surface area contributed by atoms with Gasteiger partial charge in [0.05, 0.1) is 6.26 Å². The van der Waals surface area contributed by atoms with E-state index in [0.29, 0.717) is 5.76 Å². The van der Waals surface area contributed by atoms with Crippen LogP contribution in [0.4, 0.5) is 0 Å². The number of hydrogen-bond acceptors (Lipinski definition) is 2. The second-order valence-electron chi connectivity index (χ2n) is 2.13. The predicted molar refractivity (Wildman–Crippen MR) is 47.8 cm³/mol. The second kappa shape index (κ2) is 3.75. The molecule has 1 heterocycles. The Morgan fingerprint density at radius 1 is 1.73 bits per heavy atom. The molecule has 0 saturated carbocycles. The van der Waals surface area contributed by atoms with Crippen molar-refractivity contribution in [2.75, 3.05) is 0 Å². The molecule has 0 aromatic carbocycles. The van der Waals surface area contributed by atoms with Crippen molar-refractivity contribution < 1.29 is 14.3 Å². The average Bonchev–Trinajstić information content (AvgIpc) is 2.34. The van der Waals surface area contributed by atoms with E-state index in [-0.39, 0.29) is 6.42 Å². The van der Waals surface area contributed by atoms with E-state index in [1.54, 1.807) is 12.3 Å². The van der Waals surface area contributed by atoms with Gasteiger partial charge in [0.15, 0.2) is 0 Å². The molecule has 1 rings (SSSR count). The van der Waals surface area contributed by atoms with Gasteiger partial charge < -0.3 is 9.52 Å². The highest BCUT2D eigenvalue weighted by Crippen LogP contribution is 2.11. The van der Waals surface area contributed by atoms with Crippen molar-refractivity contribution >= 4 is 28.6 Å². The standard InChI is InChI=1S/C7H7IO3/c8-3-5-1-6(11-4-5)2-7(9)10/h1,4H,2-3H2,(H,9,10). The largest absolute Gasteiger partial charge is 0.481 e. The SMILES string of the molecule is O=C(O)Cc1cc(CI)co1. The Kier molecular flexibility index (Phi) is 2.92. The van der Waals surface area contributed by atoms with Crippen molar-refractivity contribution in [1.82, 2.24) is 0 Å². The molecular weight excluding hydrogens is 259 g/mol. The fourth-order valence-electron chi connectivity index (χ4n) is 0.738. The molecule has 11 heavy (non-hydrogen) atoms. The van der Waals surface area contributed by atoms with E-state index in [0.717, 1.165) is 9.99 Å². The number of carboxylic acid groups (broad SMARTS) is 1. The first-order chi connectivity index (χ1) is 5.22. The lowest BCUT2D eigenvalue weighted by atomic mass is 10.3. The summed E-state index contributed by atoms with van der Waals surface area (Å²) in [5, 5.41) is 8.39. The molecule has 0 radical (unpaired) electrons. The summed E-state index contributed by atoms with van der Waals surface area (Å²) in [6.07, 6.45) is 1.56. The zero-order valence-corrected chi connectivity index (χ0v) is 7.87. The van der Waals surface area contributed by atoms with Crippen LogP contribution in [0.1, 0.15) is 11.3 Å². The van der Waals surface area contributed by atoms with Crippen LogP contribution in [0.2, 0.25) is 0 Å². The van der Waals surface area contributed by atoms with Gasteiger partial charge in [0, 0.05) is 9.99 Å². The quantitative estimate of drug-likeness (QED) is 0.670. The first-order valence-corrected chi connectivity index (χ1v) is 4.59. The normalized spacial score (nSPS) is 9.91. The van der Waals surface area contributed by atoms with Crippen LogP contribution in [0.3, 0.4) is 0 Å². The van der Waals surface area contributed by atoms with Crippen molar-refractivity contribution in [3.63, 3.8) is 0 Å². The van der Waals surface area contributed by atoms with Crippen LogP contribution in [-0.4, -0.2) is 11.1 Å². The maximum atomic E-state index is 10.2. The lowest BCUT2D eigenvalue weighted by Gasteiger charge is -1.85. The number of alkyl halides is 1. The van der Waals surface area contributed by atoms with Crippen LogP contribution in [0, 0.1) is 0 Å². The number of aliphatic carboxylic acids is 1. The Bertz CT molecular complexity index is 254. The molecule has 0 bridgehead atoms. The highest BCUT2D eigenvalue weighted by Gasteiger charge is 2.04. The highest BCUT2D eigenvalue weighted by atomic mass is 127. The Morgan fingerprint density at radius 3 is 2.91 bits per heavy atom. The van der Waals surface area contributed by atoms with Crippen molar-refractivity contribution in [2.24, 2.45) is 0 Å². The van der Waals surface area contributed by atoms with Crippen LogP contribution < -0.4 is 0 Å². The topological polar surface area (TPSA) is 50.4 Å². The summed E-state index contributed by atoms with van der Waals surface area (Å²) in [4.78, 5) is 10.2. The van der Waals surface area contributed by atoms with Gasteiger partial charge in [0.2, 0.25) is 0 Å². The number of carbonyl (C=O) groups is 1. The van der Waals surface area contributed by atoms with Gasteiger partial charge in [-0.2, -0.15) is 0 Å². The monoisotopic (exact) mass is 266 g/mol. The fraction of sp³-hybridized carbons (Fsp3) is 0.286. The smallest absolute Gasteiger partial charge is 0.311 e. The van der Waals surface area contributed by atoms with Gasteiger partial charge >= 0.3 is 5.97 Å². The zero-order chi connectivity index (χ0) is 8.27. The number of furan rings is 1. The Balaban J connectivity index is 2.65. The van der Waals surface area contributed by atoms with Crippen LogP contribution in [-0.2, 0) is 15.6 Å². The minimum absolute atomic E-state index is 0.0311. The molecule has 0 amide bonds. The number of halogens is 1. The summed E-state index contributed by atoms with van der Waals surface area (Å²) in [5.41, 5.74) is 1.03. The average molecular weight is 266 g/mol. The number of rotatable bonds is 3. The predicted octanol–water partition coefficient (Wildman–Crippen LogP) is 1.84. The first-order valence-electron chi connectivity index (χ1n) is 3.06. The third-order valence-electron chi connectivity index (χ3n) is 1.19. The van der Waals surface area contributed by atoms with Gasteiger partial charge in [0.1, 0.15) is 12.2 Å². The molecule has 0 atom stereocenters. The second-order valence-corrected chi connectivity index (χ2v) is 2.89. The molecule has 0 aliphatic rings. The fourth-order valence-corrected chi connectivity index (χ4v) is 1.14. The number of hydrogen-bond donors (Lipinski definition) is 1. The summed E-state index contributed by atoms with van der Waals surface area (Å²) >= 11 is 2.19. The van der Waals surface area contributed by atoms with Gasteiger partial charge in [-0.1, -0.05) is 22.6 Å². The highest BCUT2D eigenvalue weighted by molar-refractivity contribution is 14.1. The molecule has 1 aromatic heterocycles. The van der Waals surface area contributed by atoms with E-state index >= 15 is 0 Å². The van der Waals surface area contributed by atoms with Crippen molar-refractivity contribution in [2.45, 2.75) is 10.8 Å². The molecule has 0 fully saturated rings.